The molecule has 2 aromatic rings. The van der Waals surface area contributed by atoms with Gasteiger partial charge in [0.1, 0.15) is 10.5 Å². The zero-order chi connectivity index (χ0) is 14.0. The molecule has 2 aliphatic rings. The minimum Gasteiger partial charge on any atom is -0.465 e. The standard InChI is InChI=1S/C12H10BrN3O3S/c13-8-3-5-9(20-8)11(17)15-10(14-5)7-2-4-1-6(4)16(7)12(18)19/h3-4,6-7H,1-2H2,(H,18,19)(H,14,15,17)/t4-,6-,7-/m0/s1. The van der Waals surface area contributed by atoms with Crippen molar-refractivity contribution < 1.29 is 9.90 Å². The molecule has 104 valence electrons. The van der Waals surface area contributed by atoms with Crippen molar-refractivity contribution in [3.8, 4) is 0 Å². The first-order valence-corrected chi connectivity index (χ1v) is 7.86. The highest BCUT2D eigenvalue weighted by Crippen LogP contribution is 2.52. The third-order valence-electron chi connectivity index (χ3n) is 4.01. The summed E-state index contributed by atoms with van der Waals surface area (Å²) in [7, 11) is 0. The average molecular weight is 356 g/mol. The first-order chi connectivity index (χ1) is 9.54. The molecule has 20 heavy (non-hydrogen) atoms. The van der Waals surface area contributed by atoms with Crippen molar-refractivity contribution in [3.63, 3.8) is 0 Å². The number of thiophene rings is 1. The van der Waals surface area contributed by atoms with Crippen molar-refractivity contribution in [2.45, 2.75) is 24.9 Å². The molecule has 6 nitrogen and oxygen atoms in total. The lowest BCUT2D eigenvalue weighted by Crippen LogP contribution is -2.33. The van der Waals surface area contributed by atoms with E-state index in [1.54, 1.807) is 6.07 Å². The first-order valence-electron chi connectivity index (χ1n) is 6.25. The summed E-state index contributed by atoms with van der Waals surface area (Å²) in [6.07, 6.45) is 0.741. The van der Waals surface area contributed by atoms with E-state index in [0.29, 0.717) is 22.0 Å². The van der Waals surface area contributed by atoms with Crippen LogP contribution in [-0.4, -0.2) is 32.1 Å². The van der Waals surface area contributed by atoms with Crippen molar-refractivity contribution in [1.29, 1.82) is 0 Å². The molecule has 0 radical (unpaired) electrons. The molecular weight excluding hydrogens is 346 g/mol. The Morgan fingerprint density at radius 2 is 2.35 bits per heavy atom. The van der Waals surface area contributed by atoms with Crippen molar-refractivity contribution in [2.75, 3.05) is 0 Å². The van der Waals surface area contributed by atoms with Gasteiger partial charge in [0, 0.05) is 6.04 Å². The molecule has 2 N–H and O–H groups in total. The summed E-state index contributed by atoms with van der Waals surface area (Å²) in [5.41, 5.74) is 0.415. The van der Waals surface area contributed by atoms with Gasteiger partial charge in [0.25, 0.3) is 5.56 Å². The van der Waals surface area contributed by atoms with Gasteiger partial charge in [-0.15, -0.1) is 11.3 Å². The summed E-state index contributed by atoms with van der Waals surface area (Å²) in [4.78, 5) is 32.1. The van der Waals surface area contributed by atoms with Crippen molar-refractivity contribution >= 4 is 43.6 Å². The van der Waals surface area contributed by atoms with Gasteiger partial charge in [-0.2, -0.15) is 0 Å². The molecule has 0 spiro atoms. The number of hydrogen-bond donors (Lipinski definition) is 2. The van der Waals surface area contributed by atoms with Crippen LogP contribution < -0.4 is 5.56 Å². The quantitative estimate of drug-likeness (QED) is 0.822. The summed E-state index contributed by atoms with van der Waals surface area (Å²) in [6, 6.07) is 1.57. The smallest absolute Gasteiger partial charge is 0.408 e. The predicted molar refractivity (Wildman–Crippen MR) is 77.1 cm³/mol. The third kappa shape index (κ3) is 1.71. The van der Waals surface area contributed by atoms with Gasteiger partial charge in [-0.05, 0) is 40.8 Å². The second kappa shape index (κ2) is 4.05. The Bertz CT molecular complexity index is 786. The second-order valence-electron chi connectivity index (χ2n) is 5.22. The molecule has 3 atom stereocenters. The third-order valence-corrected chi connectivity index (χ3v) is 5.64. The number of amides is 1. The lowest BCUT2D eigenvalue weighted by atomic mass is 10.1. The highest BCUT2D eigenvalue weighted by atomic mass is 79.9. The van der Waals surface area contributed by atoms with E-state index in [1.165, 1.54) is 16.2 Å². The van der Waals surface area contributed by atoms with Crippen LogP contribution in [0.4, 0.5) is 4.79 Å². The number of hydrogen-bond acceptors (Lipinski definition) is 4. The molecule has 0 unspecified atom stereocenters. The van der Waals surface area contributed by atoms with Crippen LogP contribution in [0, 0.1) is 5.92 Å². The van der Waals surface area contributed by atoms with E-state index in [4.69, 9.17) is 0 Å². The fraction of sp³-hybridized carbons (Fsp3) is 0.417. The van der Waals surface area contributed by atoms with Crippen molar-refractivity contribution in [2.24, 2.45) is 5.92 Å². The Morgan fingerprint density at radius 1 is 1.55 bits per heavy atom. The second-order valence-corrected chi connectivity index (χ2v) is 7.65. The summed E-state index contributed by atoms with van der Waals surface area (Å²) >= 11 is 4.67. The summed E-state index contributed by atoms with van der Waals surface area (Å²) in [5, 5.41) is 9.33. The molecule has 4 rings (SSSR count). The summed E-state index contributed by atoms with van der Waals surface area (Å²) in [6.45, 7) is 0. The SMILES string of the molecule is O=C(O)N1[C@H](c2nc3cc(Br)sc3c(=O)[nH]2)C[C@@H]2C[C@@H]21. The predicted octanol–water partition coefficient (Wildman–Crippen LogP) is 2.56. The summed E-state index contributed by atoms with van der Waals surface area (Å²) in [5.74, 6) is 0.883. The number of rotatable bonds is 1. The van der Waals surface area contributed by atoms with Gasteiger partial charge in [-0.3, -0.25) is 9.69 Å². The normalized spacial score (nSPS) is 27.9. The highest BCUT2D eigenvalue weighted by Gasteiger charge is 2.55. The maximum atomic E-state index is 12.1. The number of aromatic amines is 1. The van der Waals surface area contributed by atoms with E-state index in [1.807, 2.05) is 0 Å². The van der Waals surface area contributed by atoms with Gasteiger partial charge >= 0.3 is 6.09 Å². The van der Waals surface area contributed by atoms with Crippen LogP contribution in [0.3, 0.4) is 0 Å². The van der Waals surface area contributed by atoms with Gasteiger partial charge in [-0.1, -0.05) is 0 Å². The maximum absolute atomic E-state index is 12.1. The van der Waals surface area contributed by atoms with E-state index in [-0.39, 0.29) is 17.6 Å². The van der Waals surface area contributed by atoms with E-state index in [0.717, 1.165) is 16.6 Å². The largest absolute Gasteiger partial charge is 0.465 e. The molecule has 0 aromatic carbocycles. The van der Waals surface area contributed by atoms with Gasteiger partial charge in [0.15, 0.2) is 0 Å². The lowest BCUT2D eigenvalue weighted by molar-refractivity contribution is 0.128. The number of nitrogens with one attached hydrogen (secondary N) is 1. The van der Waals surface area contributed by atoms with Crippen LogP contribution in [0.1, 0.15) is 24.7 Å². The number of aromatic nitrogens is 2. The number of fused-ring (bicyclic) bond motifs is 2. The molecule has 8 heteroatoms. The van der Waals surface area contributed by atoms with Gasteiger partial charge in [0.2, 0.25) is 0 Å². The Balaban J connectivity index is 1.82. The van der Waals surface area contributed by atoms with Crippen LogP contribution >= 0.6 is 27.3 Å². The molecule has 1 amide bonds. The number of piperidine rings is 1. The van der Waals surface area contributed by atoms with Crippen LogP contribution in [0.2, 0.25) is 0 Å². The van der Waals surface area contributed by atoms with Crippen LogP contribution in [0.15, 0.2) is 14.6 Å². The molecule has 1 aliphatic heterocycles. The molecule has 1 saturated heterocycles. The number of likely N-dealkylation sites (tertiary alicyclic amines) is 1. The number of carboxylic acid groups (broad SMARTS) is 1. The Kier molecular flexibility index (Phi) is 2.50. The van der Waals surface area contributed by atoms with Crippen LogP contribution in [0.5, 0.6) is 0 Å². The van der Waals surface area contributed by atoms with E-state index < -0.39 is 6.09 Å². The Labute approximate surface area is 125 Å². The number of carbonyl (C=O) groups is 1. The molecule has 1 aliphatic carbocycles. The number of halogens is 1. The van der Waals surface area contributed by atoms with E-state index in [2.05, 4.69) is 25.9 Å². The zero-order valence-electron chi connectivity index (χ0n) is 10.2. The van der Waals surface area contributed by atoms with Crippen LogP contribution in [-0.2, 0) is 0 Å². The molecule has 2 fully saturated rings. The molecule has 2 aromatic heterocycles. The molecule has 1 saturated carbocycles. The van der Waals surface area contributed by atoms with Gasteiger partial charge < -0.3 is 10.1 Å². The highest BCUT2D eigenvalue weighted by molar-refractivity contribution is 9.11. The van der Waals surface area contributed by atoms with E-state index >= 15 is 0 Å². The first kappa shape index (κ1) is 12.3. The molecular formula is C12H10BrN3O3S. The monoisotopic (exact) mass is 355 g/mol. The zero-order valence-corrected chi connectivity index (χ0v) is 12.6. The summed E-state index contributed by atoms with van der Waals surface area (Å²) < 4.78 is 1.40. The molecule has 0 bridgehead atoms. The minimum atomic E-state index is -0.936. The fourth-order valence-electron chi connectivity index (χ4n) is 3.06. The van der Waals surface area contributed by atoms with Gasteiger partial charge in [-0.25, -0.2) is 9.78 Å². The Morgan fingerprint density at radius 3 is 3.10 bits per heavy atom. The lowest BCUT2D eigenvalue weighted by Gasteiger charge is -2.23. The van der Waals surface area contributed by atoms with Crippen molar-refractivity contribution in [3.05, 3.63) is 26.0 Å². The van der Waals surface area contributed by atoms with E-state index in [9.17, 15) is 14.7 Å². The van der Waals surface area contributed by atoms with Crippen molar-refractivity contribution in [1.82, 2.24) is 14.9 Å². The van der Waals surface area contributed by atoms with Gasteiger partial charge in [0.05, 0.1) is 15.3 Å². The number of H-pyrrole nitrogens is 1. The fourth-order valence-corrected chi connectivity index (χ4v) is 4.48. The average Bonchev–Trinajstić information content (AvgIpc) is 2.86. The Hall–Kier alpha value is -1.41. The number of nitrogens with zero attached hydrogens (tertiary/aromatic N) is 2. The van der Waals surface area contributed by atoms with Crippen LogP contribution in [0.25, 0.3) is 10.2 Å². The molecule has 3 heterocycles. The maximum Gasteiger partial charge on any atom is 0.408 e. The minimum absolute atomic E-state index is 0.104. The topological polar surface area (TPSA) is 86.3 Å².